The molecule has 704 valence electrons. The summed E-state index contributed by atoms with van der Waals surface area (Å²) in [6.45, 7) is 38.0. The molecule has 0 rings (SSSR count). The molecule has 0 saturated carbocycles. The molecule has 4 atom stereocenters. The first-order chi connectivity index (χ1) is 57.7. The van der Waals surface area contributed by atoms with Gasteiger partial charge in [-0.3, -0.25) is 9.59 Å². The average Bonchev–Trinajstić information content (AvgIpc) is 0.942. The van der Waals surface area contributed by atoms with E-state index in [1.165, 1.54) is 270 Å². The molecule has 0 saturated heterocycles. The molecule has 0 radical (unpaired) electrons. The van der Waals surface area contributed by atoms with E-state index in [0.717, 1.165) is 207 Å². The lowest BCUT2D eigenvalue weighted by Gasteiger charge is -2.29. The molecule has 0 heterocycles. The molecular weight excluding hydrogens is 1500 g/mol. The Balaban J connectivity index is 0. The van der Waals surface area contributed by atoms with Crippen molar-refractivity contribution in [2.24, 2.45) is 11.8 Å². The summed E-state index contributed by atoms with van der Waals surface area (Å²) in [5, 5.41) is 18.7. The fourth-order valence-electron chi connectivity index (χ4n) is 15.6. The van der Waals surface area contributed by atoms with Gasteiger partial charge in [-0.1, -0.05) is 337 Å². The van der Waals surface area contributed by atoms with Crippen molar-refractivity contribution in [1.82, 2.24) is 9.80 Å². The quantitative estimate of drug-likeness (QED) is 0.0195. The van der Waals surface area contributed by atoms with Crippen LogP contribution in [0.1, 0.15) is 479 Å². The van der Waals surface area contributed by atoms with E-state index in [1.54, 1.807) is 0 Å². The molecule has 16 heteroatoms. The Kier molecular flexibility index (Phi) is 95.0. The van der Waals surface area contributed by atoms with Crippen LogP contribution in [-0.4, -0.2) is 154 Å². The van der Waals surface area contributed by atoms with Crippen LogP contribution in [0.5, 0.6) is 0 Å². The molecule has 0 aliphatic heterocycles. The fraction of sp³-hybridized carbons (Fsp3) is 0.941. The third kappa shape index (κ3) is 86.6. The number of rotatable bonds is 96. The van der Waals surface area contributed by atoms with Crippen LogP contribution in [-0.2, 0) is 46.2 Å². The van der Waals surface area contributed by atoms with Crippen LogP contribution in [0.4, 0.5) is 0 Å². The van der Waals surface area contributed by atoms with Crippen LogP contribution >= 0.6 is 0 Å². The first kappa shape index (κ1) is 118. The highest BCUT2D eigenvalue weighted by atomic mass is 28.4. The molecular formula is C102H206N2O12Si2. The maximum Gasteiger partial charge on any atom is 0.333 e. The second kappa shape index (κ2) is 94.6. The molecule has 0 aromatic carbocycles. The van der Waals surface area contributed by atoms with Crippen molar-refractivity contribution in [3.63, 3.8) is 0 Å². The van der Waals surface area contributed by atoms with Gasteiger partial charge in [0.25, 0.3) is 0 Å². The van der Waals surface area contributed by atoms with E-state index in [0.29, 0.717) is 26.4 Å². The molecule has 0 bridgehead atoms. The number of aliphatic hydroxyl groups excluding tert-OH is 2. The number of ether oxygens (including phenoxy) is 4. The highest BCUT2D eigenvalue weighted by Crippen LogP contribution is 2.26. The van der Waals surface area contributed by atoms with Crippen LogP contribution in [0.3, 0.4) is 0 Å². The molecule has 0 aromatic rings. The summed E-state index contributed by atoms with van der Waals surface area (Å²) in [5.74, 6) is 0.307. The first-order valence-corrected chi connectivity index (χ1v) is 57.5. The molecule has 2 N–H and O–H groups in total. The average molecular weight is 1710 g/mol. The number of unbranched alkanes of at least 4 members (excludes halogenated alkanes) is 44. The molecule has 14 nitrogen and oxygen atoms in total. The Morgan fingerprint density at radius 1 is 0.263 bits per heavy atom. The van der Waals surface area contributed by atoms with Crippen molar-refractivity contribution >= 4 is 29.1 Å². The van der Waals surface area contributed by atoms with Gasteiger partial charge < -0.3 is 56.7 Å². The number of nitrogens with zero attached hydrogens (tertiary/aromatic N) is 2. The minimum Gasteiger partial charge on any atom is -0.465 e. The van der Waals surface area contributed by atoms with Crippen molar-refractivity contribution in [2.45, 2.75) is 518 Å². The maximum absolute atomic E-state index is 13.0. The van der Waals surface area contributed by atoms with E-state index in [9.17, 15) is 19.8 Å². The van der Waals surface area contributed by atoms with E-state index in [1.807, 2.05) is 0 Å². The van der Waals surface area contributed by atoms with Gasteiger partial charge in [0.1, 0.15) is 12.6 Å². The topological polar surface area (TPSA) is 155 Å². The van der Waals surface area contributed by atoms with Gasteiger partial charge in [0.2, 0.25) is 0 Å². The molecule has 118 heavy (non-hydrogen) atoms. The Bertz CT molecular complexity index is 1920. The summed E-state index contributed by atoms with van der Waals surface area (Å²) in [6.07, 6.45) is 86.2. The zero-order chi connectivity index (χ0) is 86.7. The smallest absolute Gasteiger partial charge is 0.333 e. The molecule has 0 aliphatic rings. The lowest BCUT2D eigenvalue weighted by Crippen LogP contribution is -2.40. The van der Waals surface area contributed by atoms with Crippen LogP contribution in [0, 0.1) is 11.8 Å². The van der Waals surface area contributed by atoms with Crippen molar-refractivity contribution in [2.75, 3.05) is 92.1 Å². The molecule has 0 fully saturated rings. The molecule has 4 unspecified atom stereocenters. The van der Waals surface area contributed by atoms with Crippen LogP contribution in [0.25, 0.3) is 0 Å². The number of esters is 2. The van der Waals surface area contributed by atoms with E-state index >= 15 is 0 Å². The zero-order valence-corrected chi connectivity index (χ0v) is 83.1. The number of aliphatic hydroxyl groups is 2. The van der Waals surface area contributed by atoms with Crippen molar-refractivity contribution in [1.29, 1.82) is 0 Å². The van der Waals surface area contributed by atoms with Gasteiger partial charge in [0, 0.05) is 26.4 Å². The highest BCUT2D eigenvalue weighted by Gasteiger charge is 2.31. The third-order valence-corrected chi connectivity index (χ3v) is 26.8. The summed E-state index contributed by atoms with van der Waals surface area (Å²) >= 11 is 0. The first-order valence-electron chi connectivity index (χ1n) is 51.8. The van der Waals surface area contributed by atoms with Gasteiger partial charge in [0.05, 0.1) is 38.3 Å². The van der Waals surface area contributed by atoms with Gasteiger partial charge in [-0.15, -0.1) is 0 Å². The van der Waals surface area contributed by atoms with E-state index in [4.69, 9.17) is 36.7 Å². The van der Waals surface area contributed by atoms with Crippen LogP contribution in [0.15, 0.2) is 24.3 Å². The summed E-state index contributed by atoms with van der Waals surface area (Å²) in [7, 11) is -4.58. The van der Waals surface area contributed by atoms with Crippen LogP contribution < -0.4 is 0 Å². The predicted octanol–water partition coefficient (Wildman–Crippen LogP) is 30.1. The summed E-state index contributed by atoms with van der Waals surface area (Å²) in [4.78, 5) is 31.2. The standard InChI is InChI=1S/2C51H103NO6Si/c2*1-7-11-15-19-21-26-36-46-55-50(41-31-22-17-13-9-3)58-59(5,6)57-48-38-28-25-33-43-52(44-34-35-45-53)42-32-24-27-37-47-56-51(54)49(39-29-18-14-10-4)40-30-23-20-16-12-8-2/h2*21,26,49-50,53H,7-20,22-25,27-48H2,1-6H3/b2*26-21-. The molecule has 0 amide bonds. The molecule has 0 aromatic heterocycles. The van der Waals surface area contributed by atoms with Gasteiger partial charge in [0.15, 0.2) is 0 Å². The molecule has 0 spiro atoms. The number of carbonyl (C=O) groups excluding carboxylic acids is 2. The minimum absolute atomic E-state index is 0.0601. The lowest BCUT2D eigenvalue weighted by atomic mass is 9.94. The van der Waals surface area contributed by atoms with Crippen molar-refractivity contribution in [3.8, 4) is 0 Å². The van der Waals surface area contributed by atoms with Gasteiger partial charge >= 0.3 is 29.1 Å². The number of carbonyl (C=O) groups is 2. The normalized spacial score (nSPS) is 13.2. The van der Waals surface area contributed by atoms with Crippen LogP contribution in [0.2, 0.25) is 26.2 Å². The van der Waals surface area contributed by atoms with E-state index < -0.39 is 17.1 Å². The Morgan fingerprint density at radius 3 is 0.788 bits per heavy atom. The second-order valence-corrected chi connectivity index (χ2v) is 42.6. The van der Waals surface area contributed by atoms with Gasteiger partial charge in [-0.25, -0.2) is 0 Å². The third-order valence-electron chi connectivity index (χ3n) is 23.3. The van der Waals surface area contributed by atoms with Crippen molar-refractivity contribution in [3.05, 3.63) is 24.3 Å². The molecule has 0 aliphatic carbocycles. The zero-order valence-electron chi connectivity index (χ0n) is 81.1. The van der Waals surface area contributed by atoms with Gasteiger partial charge in [-0.2, -0.15) is 0 Å². The fourth-order valence-corrected chi connectivity index (χ4v) is 18.6. The van der Waals surface area contributed by atoms with E-state index in [-0.39, 0.29) is 49.6 Å². The van der Waals surface area contributed by atoms with Gasteiger partial charge in [-0.05, 0) is 232 Å². The van der Waals surface area contributed by atoms with E-state index in [2.05, 4.69) is 116 Å². The minimum atomic E-state index is -2.29. The number of hydrogen-bond acceptors (Lipinski definition) is 14. The number of allylic oxidation sites excluding steroid dienone is 2. The SMILES string of the molecule is CCCCC/C=C\CCOC(CCCCCCC)O[Si](C)(C)OCCCCCCN(CCCCO)CCCCCCOC(=O)C(CCCCCC)CCCCCCCC.CCCCC/C=C\CCOC(CCCCCCC)O[Si](C)(C)OCCCCCCN(CCCCO)CCCCCCOC(=O)C(CCCCCC)CCCCCCCC. The monoisotopic (exact) mass is 1710 g/mol. The highest BCUT2D eigenvalue weighted by molar-refractivity contribution is 6.64. The second-order valence-electron chi connectivity index (χ2n) is 36.0. The summed E-state index contributed by atoms with van der Waals surface area (Å²) in [6, 6.07) is 0. The maximum atomic E-state index is 13.0. The summed E-state index contributed by atoms with van der Waals surface area (Å²) < 4.78 is 50.2. The summed E-state index contributed by atoms with van der Waals surface area (Å²) in [5.41, 5.74) is 0. The number of hydrogen-bond donors (Lipinski definition) is 2. The largest absolute Gasteiger partial charge is 0.465 e. The Labute approximate surface area is 737 Å². The Morgan fingerprint density at radius 2 is 0.492 bits per heavy atom. The lowest BCUT2D eigenvalue weighted by molar-refractivity contribution is -0.150. The Hall–Kier alpha value is -1.55. The predicted molar refractivity (Wildman–Crippen MR) is 513 cm³/mol. The van der Waals surface area contributed by atoms with Crippen molar-refractivity contribution < 1.29 is 56.5 Å².